The van der Waals surface area contributed by atoms with Gasteiger partial charge in [0.2, 0.25) is 0 Å². The Hall–Kier alpha value is -2.98. The van der Waals surface area contributed by atoms with Gasteiger partial charge in [0.1, 0.15) is 0 Å². The summed E-state index contributed by atoms with van der Waals surface area (Å²) in [5.74, 6) is 0. The maximum Gasteiger partial charge on any atom is 0.193 e. The van der Waals surface area contributed by atoms with E-state index in [-0.39, 0.29) is 0 Å². The van der Waals surface area contributed by atoms with Crippen LogP contribution in [-0.4, -0.2) is 28.2 Å². The van der Waals surface area contributed by atoms with E-state index in [2.05, 4.69) is 12.1 Å². The standard InChI is InChI=1S/C19H20N4/c1-22(2)17-9-5-15(6-10-17)19(13-20,14-21)16-7-11-18(12-8-16)23(3)4/h5-12H,1-4H3. The summed E-state index contributed by atoms with van der Waals surface area (Å²) in [4.78, 5) is 3.96. The Labute approximate surface area is 137 Å². The Kier molecular flexibility index (Phi) is 4.57. The van der Waals surface area contributed by atoms with Gasteiger partial charge < -0.3 is 9.80 Å². The molecule has 0 saturated heterocycles. The Morgan fingerprint density at radius 1 is 0.652 bits per heavy atom. The second-order valence-corrected chi connectivity index (χ2v) is 5.86. The lowest BCUT2D eigenvalue weighted by Crippen LogP contribution is -2.24. The van der Waals surface area contributed by atoms with Crippen molar-refractivity contribution in [3.8, 4) is 12.1 Å². The molecule has 0 aromatic heterocycles. The molecule has 116 valence electrons. The van der Waals surface area contributed by atoms with Gasteiger partial charge in [0.05, 0.1) is 12.1 Å². The second kappa shape index (κ2) is 6.42. The Morgan fingerprint density at radius 3 is 1.17 bits per heavy atom. The average molecular weight is 304 g/mol. The highest BCUT2D eigenvalue weighted by Crippen LogP contribution is 2.33. The predicted octanol–water partition coefficient (Wildman–Crippen LogP) is 3.15. The van der Waals surface area contributed by atoms with Crippen LogP contribution in [0.25, 0.3) is 0 Å². The quantitative estimate of drug-likeness (QED) is 0.870. The summed E-state index contributed by atoms with van der Waals surface area (Å²) in [5, 5.41) is 19.5. The number of nitrogens with zero attached hydrogens (tertiary/aromatic N) is 4. The molecule has 0 unspecified atom stereocenters. The lowest BCUT2D eigenvalue weighted by Gasteiger charge is -2.22. The molecule has 2 rings (SSSR count). The summed E-state index contributed by atoms with van der Waals surface area (Å²) >= 11 is 0. The van der Waals surface area contributed by atoms with Gasteiger partial charge in [0, 0.05) is 39.6 Å². The van der Waals surface area contributed by atoms with Gasteiger partial charge in [0.15, 0.2) is 5.41 Å². The van der Waals surface area contributed by atoms with Crippen molar-refractivity contribution in [3.05, 3.63) is 59.7 Å². The molecule has 0 heterocycles. The molecular formula is C19H20N4. The largest absolute Gasteiger partial charge is 0.378 e. The first kappa shape index (κ1) is 16.4. The second-order valence-electron chi connectivity index (χ2n) is 5.86. The molecule has 0 atom stereocenters. The minimum Gasteiger partial charge on any atom is -0.378 e. The zero-order valence-corrected chi connectivity index (χ0v) is 13.9. The molecule has 23 heavy (non-hydrogen) atoms. The van der Waals surface area contributed by atoms with Crippen LogP contribution in [0.1, 0.15) is 11.1 Å². The third-order valence-electron chi connectivity index (χ3n) is 3.97. The molecule has 0 aliphatic heterocycles. The van der Waals surface area contributed by atoms with Gasteiger partial charge in [-0.3, -0.25) is 0 Å². The van der Waals surface area contributed by atoms with Gasteiger partial charge in [-0.1, -0.05) is 24.3 Å². The van der Waals surface area contributed by atoms with E-state index in [4.69, 9.17) is 0 Å². The van der Waals surface area contributed by atoms with Crippen molar-refractivity contribution in [1.29, 1.82) is 10.5 Å². The highest BCUT2D eigenvalue weighted by Gasteiger charge is 2.34. The monoisotopic (exact) mass is 304 g/mol. The summed E-state index contributed by atoms with van der Waals surface area (Å²) in [6.45, 7) is 0. The molecular weight excluding hydrogens is 284 g/mol. The summed E-state index contributed by atoms with van der Waals surface area (Å²) in [6, 6.07) is 19.5. The van der Waals surface area contributed by atoms with Crippen LogP contribution in [0.3, 0.4) is 0 Å². The molecule has 0 aliphatic rings. The van der Waals surface area contributed by atoms with Gasteiger partial charge in [-0.05, 0) is 35.4 Å². The van der Waals surface area contributed by atoms with Gasteiger partial charge in [-0.2, -0.15) is 10.5 Å². The normalized spacial score (nSPS) is 10.5. The molecule has 0 saturated carbocycles. The van der Waals surface area contributed by atoms with Crippen LogP contribution < -0.4 is 9.80 Å². The molecule has 0 radical (unpaired) electrons. The van der Waals surface area contributed by atoms with Crippen molar-refractivity contribution in [1.82, 2.24) is 0 Å². The van der Waals surface area contributed by atoms with Crippen molar-refractivity contribution in [2.24, 2.45) is 0 Å². The van der Waals surface area contributed by atoms with Crippen LogP contribution in [0.5, 0.6) is 0 Å². The number of hydrogen-bond donors (Lipinski definition) is 0. The van der Waals surface area contributed by atoms with Crippen LogP contribution in [0, 0.1) is 22.7 Å². The third-order valence-corrected chi connectivity index (χ3v) is 3.97. The molecule has 4 nitrogen and oxygen atoms in total. The molecule has 0 bridgehead atoms. The Morgan fingerprint density at radius 2 is 0.957 bits per heavy atom. The first-order chi connectivity index (χ1) is 10.9. The molecule has 0 spiro atoms. The molecule has 0 aliphatic carbocycles. The van der Waals surface area contributed by atoms with Crippen molar-refractivity contribution in [2.45, 2.75) is 5.41 Å². The number of hydrogen-bond acceptors (Lipinski definition) is 4. The fraction of sp³-hybridized carbons (Fsp3) is 0.263. The molecule has 0 fully saturated rings. The summed E-state index contributed by atoms with van der Waals surface area (Å²) in [6.07, 6.45) is 0. The molecule has 0 amide bonds. The van der Waals surface area contributed by atoms with E-state index in [1.165, 1.54) is 0 Å². The van der Waals surface area contributed by atoms with E-state index in [1.807, 2.05) is 86.5 Å². The highest BCUT2D eigenvalue weighted by atomic mass is 15.1. The molecule has 0 N–H and O–H groups in total. The first-order valence-corrected chi connectivity index (χ1v) is 7.33. The number of benzene rings is 2. The predicted molar refractivity (Wildman–Crippen MR) is 93.5 cm³/mol. The van der Waals surface area contributed by atoms with Crippen molar-refractivity contribution >= 4 is 11.4 Å². The van der Waals surface area contributed by atoms with Crippen LogP contribution in [0.4, 0.5) is 11.4 Å². The fourth-order valence-corrected chi connectivity index (χ4v) is 2.47. The van der Waals surface area contributed by atoms with E-state index in [9.17, 15) is 10.5 Å². The number of rotatable bonds is 4. The zero-order valence-electron chi connectivity index (χ0n) is 13.9. The summed E-state index contributed by atoms with van der Waals surface area (Å²) in [7, 11) is 7.82. The smallest absolute Gasteiger partial charge is 0.193 e. The van der Waals surface area contributed by atoms with E-state index in [1.54, 1.807) is 0 Å². The fourth-order valence-electron chi connectivity index (χ4n) is 2.47. The minimum atomic E-state index is -1.30. The third kappa shape index (κ3) is 2.98. The van der Waals surface area contributed by atoms with E-state index in [0.29, 0.717) is 11.1 Å². The van der Waals surface area contributed by atoms with E-state index in [0.717, 1.165) is 11.4 Å². The van der Waals surface area contributed by atoms with E-state index >= 15 is 0 Å². The SMILES string of the molecule is CN(C)c1ccc(C(C#N)(C#N)c2ccc(N(C)C)cc2)cc1. The lowest BCUT2D eigenvalue weighted by molar-refractivity contribution is 0.847. The van der Waals surface area contributed by atoms with Gasteiger partial charge in [-0.15, -0.1) is 0 Å². The summed E-state index contributed by atoms with van der Waals surface area (Å²) < 4.78 is 0. The Bertz CT molecular complexity index is 676. The topological polar surface area (TPSA) is 54.1 Å². The van der Waals surface area contributed by atoms with Gasteiger partial charge >= 0.3 is 0 Å². The van der Waals surface area contributed by atoms with E-state index < -0.39 is 5.41 Å². The van der Waals surface area contributed by atoms with Crippen LogP contribution in [-0.2, 0) is 5.41 Å². The maximum atomic E-state index is 9.75. The van der Waals surface area contributed by atoms with Gasteiger partial charge in [0.25, 0.3) is 0 Å². The maximum absolute atomic E-state index is 9.75. The summed E-state index contributed by atoms with van der Waals surface area (Å²) in [5.41, 5.74) is 2.13. The van der Waals surface area contributed by atoms with Crippen LogP contribution >= 0.6 is 0 Å². The Balaban J connectivity index is 2.51. The van der Waals surface area contributed by atoms with Crippen molar-refractivity contribution < 1.29 is 0 Å². The van der Waals surface area contributed by atoms with Crippen LogP contribution in [0.2, 0.25) is 0 Å². The highest BCUT2D eigenvalue weighted by molar-refractivity contribution is 5.58. The zero-order chi connectivity index (χ0) is 17.0. The molecule has 2 aromatic carbocycles. The van der Waals surface area contributed by atoms with Crippen LogP contribution in [0.15, 0.2) is 48.5 Å². The molecule has 2 aromatic rings. The minimum absolute atomic E-state index is 0.686. The van der Waals surface area contributed by atoms with Crippen molar-refractivity contribution in [3.63, 3.8) is 0 Å². The number of anilines is 2. The van der Waals surface area contributed by atoms with Crippen molar-refractivity contribution in [2.75, 3.05) is 38.0 Å². The first-order valence-electron chi connectivity index (χ1n) is 7.33. The number of nitriles is 2. The van der Waals surface area contributed by atoms with Gasteiger partial charge in [-0.25, -0.2) is 0 Å². The lowest BCUT2D eigenvalue weighted by atomic mass is 9.77. The molecule has 4 heteroatoms. The average Bonchev–Trinajstić information content (AvgIpc) is 2.57.